The van der Waals surface area contributed by atoms with Crippen molar-refractivity contribution in [1.29, 1.82) is 0 Å². The van der Waals surface area contributed by atoms with Crippen molar-refractivity contribution in [2.75, 3.05) is 19.7 Å². The van der Waals surface area contributed by atoms with Gasteiger partial charge < -0.3 is 14.7 Å². The highest BCUT2D eigenvalue weighted by atomic mass is 19.4. The van der Waals surface area contributed by atoms with Crippen LogP contribution in [0.2, 0.25) is 0 Å². The van der Waals surface area contributed by atoms with Gasteiger partial charge in [-0.05, 0) is 37.6 Å². The number of carbonyl (C=O) groups excluding carboxylic acids is 1. The number of rotatable bonds is 4. The molecular formula is C15H16F3NO4. The smallest absolute Gasteiger partial charge is 0.422 e. The fraction of sp³-hybridized carbons (Fsp3) is 0.467. The number of carboxylic acids is 1. The van der Waals surface area contributed by atoms with Crippen LogP contribution < -0.4 is 4.74 Å². The minimum Gasteiger partial charge on any atom is -0.484 e. The zero-order chi connectivity index (χ0) is 17.3. The first-order chi connectivity index (χ1) is 10.6. The van der Waals surface area contributed by atoms with Gasteiger partial charge in [0.2, 0.25) is 0 Å². The lowest BCUT2D eigenvalue weighted by atomic mass is 9.90. The molecule has 1 aliphatic heterocycles. The highest BCUT2D eigenvalue weighted by Gasteiger charge is 2.42. The second-order valence-corrected chi connectivity index (χ2v) is 5.77. The Hall–Kier alpha value is -2.25. The lowest BCUT2D eigenvalue weighted by molar-refractivity contribution is -0.153. The van der Waals surface area contributed by atoms with Crippen LogP contribution in [0.1, 0.15) is 23.7 Å². The van der Waals surface area contributed by atoms with Crippen LogP contribution in [0.25, 0.3) is 0 Å². The van der Waals surface area contributed by atoms with Gasteiger partial charge in [-0.25, -0.2) is 0 Å². The number of aliphatic carboxylic acids is 1. The Bertz CT molecular complexity index is 600. The summed E-state index contributed by atoms with van der Waals surface area (Å²) >= 11 is 0. The molecule has 1 aromatic rings. The van der Waals surface area contributed by atoms with Gasteiger partial charge in [-0.2, -0.15) is 13.2 Å². The summed E-state index contributed by atoms with van der Waals surface area (Å²) < 4.78 is 40.7. The van der Waals surface area contributed by atoms with E-state index in [1.165, 1.54) is 29.2 Å². The average Bonchev–Trinajstić information content (AvgIpc) is 2.88. The van der Waals surface area contributed by atoms with Gasteiger partial charge in [-0.3, -0.25) is 9.59 Å². The summed E-state index contributed by atoms with van der Waals surface area (Å²) in [6, 6.07) is 5.30. The Morgan fingerprint density at radius 3 is 2.39 bits per heavy atom. The molecule has 8 heteroatoms. The van der Waals surface area contributed by atoms with Crippen LogP contribution in [0.3, 0.4) is 0 Å². The Balaban J connectivity index is 2.00. The second kappa shape index (κ2) is 6.10. The zero-order valence-corrected chi connectivity index (χ0v) is 12.4. The van der Waals surface area contributed by atoms with E-state index in [9.17, 15) is 22.8 Å². The van der Waals surface area contributed by atoms with E-state index in [0.29, 0.717) is 13.0 Å². The molecule has 2 rings (SSSR count). The molecule has 1 amide bonds. The van der Waals surface area contributed by atoms with Crippen molar-refractivity contribution in [2.24, 2.45) is 5.41 Å². The van der Waals surface area contributed by atoms with Crippen molar-refractivity contribution in [3.8, 4) is 5.75 Å². The summed E-state index contributed by atoms with van der Waals surface area (Å²) in [5.74, 6) is -1.29. The SMILES string of the molecule is C[C@]1(C(=O)O)CCN(C(=O)c2ccc(OCC(F)(F)F)cc2)C1. The van der Waals surface area contributed by atoms with Crippen molar-refractivity contribution in [2.45, 2.75) is 19.5 Å². The normalized spacial score (nSPS) is 21.3. The number of amides is 1. The largest absolute Gasteiger partial charge is 0.484 e. The number of likely N-dealkylation sites (tertiary alicyclic amines) is 1. The monoisotopic (exact) mass is 331 g/mol. The molecule has 126 valence electrons. The van der Waals surface area contributed by atoms with Crippen LogP contribution in [0, 0.1) is 5.41 Å². The molecule has 1 atom stereocenters. The van der Waals surface area contributed by atoms with E-state index < -0.39 is 24.2 Å². The number of carbonyl (C=O) groups is 2. The standard InChI is InChI=1S/C15H16F3NO4/c1-14(13(21)22)6-7-19(8-14)12(20)10-2-4-11(5-3-10)23-9-15(16,17)18/h2-5H,6-9H2,1H3,(H,21,22)/t14-/m0/s1. The topological polar surface area (TPSA) is 66.8 Å². The summed E-state index contributed by atoms with van der Waals surface area (Å²) in [5.41, 5.74) is -0.690. The molecule has 1 heterocycles. The number of nitrogens with zero attached hydrogens (tertiary/aromatic N) is 1. The summed E-state index contributed by atoms with van der Waals surface area (Å²) in [6.07, 6.45) is -4.06. The van der Waals surface area contributed by atoms with Gasteiger partial charge in [-0.1, -0.05) is 0 Å². The Morgan fingerprint density at radius 2 is 1.91 bits per heavy atom. The maximum atomic E-state index is 12.3. The van der Waals surface area contributed by atoms with Gasteiger partial charge in [-0.15, -0.1) is 0 Å². The van der Waals surface area contributed by atoms with E-state index in [4.69, 9.17) is 5.11 Å². The minimum absolute atomic E-state index is 0.00988. The maximum absolute atomic E-state index is 12.3. The van der Waals surface area contributed by atoms with Gasteiger partial charge in [0.25, 0.3) is 5.91 Å². The number of halogens is 3. The number of hydrogen-bond acceptors (Lipinski definition) is 3. The van der Waals surface area contributed by atoms with Crippen molar-refractivity contribution < 1.29 is 32.6 Å². The fourth-order valence-corrected chi connectivity index (χ4v) is 2.35. The zero-order valence-electron chi connectivity index (χ0n) is 12.4. The van der Waals surface area contributed by atoms with E-state index in [2.05, 4.69) is 4.74 Å². The van der Waals surface area contributed by atoms with Crippen LogP contribution in [-0.2, 0) is 4.79 Å². The third-order valence-electron chi connectivity index (χ3n) is 3.78. The second-order valence-electron chi connectivity index (χ2n) is 5.77. The Labute approximate surface area is 130 Å². The molecule has 1 aliphatic rings. The molecule has 0 aliphatic carbocycles. The van der Waals surface area contributed by atoms with E-state index >= 15 is 0 Å². The fourth-order valence-electron chi connectivity index (χ4n) is 2.35. The van der Waals surface area contributed by atoms with Crippen LogP contribution in [0.4, 0.5) is 13.2 Å². The molecule has 1 aromatic carbocycles. The summed E-state index contributed by atoms with van der Waals surface area (Å²) in [5, 5.41) is 9.16. The highest BCUT2D eigenvalue weighted by molar-refractivity contribution is 5.95. The van der Waals surface area contributed by atoms with E-state index in [1.54, 1.807) is 6.92 Å². The quantitative estimate of drug-likeness (QED) is 0.921. The lowest BCUT2D eigenvalue weighted by Gasteiger charge is -2.20. The van der Waals surface area contributed by atoms with Crippen molar-refractivity contribution in [3.05, 3.63) is 29.8 Å². The first kappa shape index (κ1) is 17.1. The van der Waals surface area contributed by atoms with Crippen LogP contribution in [0.15, 0.2) is 24.3 Å². The molecule has 23 heavy (non-hydrogen) atoms. The van der Waals surface area contributed by atoms with E-state index in [0.717, 1.165) is 0 Å². The van der Waals surface area contributed by atoms with Crippen LogP contribution in [0.5, 0.6) is 5.75 Å². The van der Waals surface area contributed by atoms with Crippen molar-refractivity contribution >= 4 is 11.9 Å². The molecule has 1 fully saturated rings. The summed E-state index contributed by atoms with van der Waals surface area (Å²) in [6.45, 7) is 0.613. The van der Waals surface area contributed by atoms with Gasteiger partial charge in [0.1, 0.15) is 5.75 Å². The third-order valence-corrected chi connectivity index (χ3v) is 3.78. The van der Waals surface area contributed by atoms with Gasteiger partial charge in [0.15, 0.2) is 6.61 Å². The van der Waals surface area contributed by atoms with Crippen LogP contribution in [-0.4, -0.2) is 47.8 Å². The number of ether oxygens (including phenoxy) is 1. The molecule has 0 radical (unpaired) electrons. The highest BCUT2D eigenvalue weighted by Crippen LogP contribution is 2.31. The van der Waals surface area contributed by atoms with Gasteiger partial charge >= 0.3 is 12.1 Å². The van der Waals surface area contributed by atoms with Crippen molar-refractivity contribution in [1.82, 2.24) is 4.90 Å². The lowest BCUT2D eigenvalue weighted by Crippen LogP contribution is -2.34. The Morgan fingerprint density at radius 1 is 1.30 bits per heavy atom. The molecule has 0 spiro atoms. The van der Waals surface area contributed by atoms with Gasteiger partial charge in [0.05, 0.1) is 5.41 Å². The molecule has 0 unspecified atom stereocenters. The molecular weight excluding hydrogens is 315 g/mol. The maximum Gasteiger partial charge on any atom is 0.422 e. The van der Waals surface area contributed by atoms with E-state index in [1.807, 2.05) is 0 Å². The average molecular weight is 331 g/mol. The predicted octanol–water partition coefficient (Wildman–Crippen LogP) is 2.56. The molecule has 0 bridgehead atoms. The predicted molar refractivity (Wildman–Crippen MR) is 74.3 cm³/mol. The molecule has 5 nitrogen and oxygen atoms in total. The van der Waals surface area contributed by atoms with Crippen molar-refractivity contribution in [3.63, 3.8) is 0 Å². The number of alkyl halides is 3. The van der Waals surface area contributed by atoms with E-state index in [-0.39, 0.29) is 23.8 Å². The number of hydrogen-bond donors (Lipinski definition) is 1. The molecule has 0 aromatic heterocycles. The van der Waals surface area contributed by atoms with Gasteiger partial charge in [0, 0.05) is 18.7 Å². The minimum atomic E-state index is -4.43. The first-order valence-corrected chi connectivity index (χ1v) is 6.93. The molecule has 1 saturated heterocycles. The Kier molecular flexibility index (Phi) is 4.53. The first-order valence-electron chi connectivity index (χ1n) is 6.93. The summed E-state index contributed by atoms with van der Waals surface area (Å²) in [7, 11) is 0. The molecule has 0 saturated carbocycles. The number of benzene rings is 1. The third kappa shape index (κ3) is 4.14. The summed E-state index contributed by atoms with van der Waals surface area (Å²) in [4.78, 5) is 24.9. The van der Waals surface area contributed by atoms with Crippen LogP contribution >= 0.6 is 0 Å². The number of carboxylic acid groups (broad SMARTS) is 1. The molecule has 1 N–H and O–H groups in total.